The molecule has 1 N–H and O–H groups in total. The van der Waals surface area contributed by atoms with Gasteiger partial charge in [0.15, 0.2) is 5.41 Å². The van der Waals surface area contributed by atoms with Crippen molar-refractivity contribution in [2.45, 2.75) is 32.1 Å². The summed E-state index contributed by atoms with van der Waals surface area (Å²) in [5.74, 6) is -1.96. The van der Waals surface area contributed by atoms with Crippen LogP contribution in [0.5, 0.6) is 0 Å². The van der Waals surface area contributed by atoms with Crippen LogP contribution in [-0.4, -0.2) is 29.1 Å². The number of ether oxygens (including phenoxy) is 1. The highest BCUT2D eigenvalue weighted by molar-refractivity contribution is 5.99. The zero-order valence-corrected chi connectivity index (χ0v) is 11.5. The van der Waals surface area contributed by atoms with Crippen molar-refractivity contribution in [3.8, 4) is 0 Å². The average molecular weight is 277 g/mol. The van der Waals surface area contributed by atoms with Gasteiger partial charge in [0.1, 0.15) is 0 Å². The smallest absolute Gasteiger partial charge is 0.323 e. The van der Waals surface area contributed by atoms with Gasteiger partial charge in [-0.1, -0.05) is 18.9 Å². The van der Waals surface area contributed by atoms with Crippen LogP contribution in [0.2, 0.25) is 0 Å². The number of rotatable bonds is 5. The fourth-order valence-electron chi connectivity index (χ4n) is 3.11. The maximum absolute atomic E-state index is 12.2. The van der Waals surface area contributed by atoms with Gasteiger partial charge in [0.25, 0.3) is 0 Å². The quantitative estimate of drug-likeness (QED) is 0.658. The SMILES string of the molecule is COC(=O)C(Cc1ccccn1)(C(=O)O)C1CCCC1. The van der Waals surface area contributed by atoms with Crippen molar-refractivity contribution >= 4 is 11.9 Å². The lowest BCUT2D eigenvalue weighted by Gasteiger charge is -2.32. The highest BCUT2D eigenvalue weighted by Gasteiger charge is 2.54. The number of carbonyl (C=O) groups is 2. The lowest BCUT2D eigenvalue weighted by molar-refractivity contribution is -0.171. The van der Waals surface area contributed by atoms with Gasteiger partial charge in [0.2, 0.25) is 0 Å². The Balaban J connectivity index is 2.40. The summed E-state index contributed by atoms with van der Waals surface area (Å²) in [6, 6.07) is 5.30. The Labute approximate surface area is 118 Å². The third-order valence-electron chi connectivity index (χ3n) is 4.17. The molecule has 1 aromatic heterocycles. The number of aromatic nitrogens is 1. The summed E-state index contributed by atoms with van der Waals surface area (Å²) in [6.45, 7) is 0. The second-order valence-electron chi connectivity index (χ2n) is 5.25. The van der Waals surface area contributed by atoms with E-state index in [1.165, 1.54) is 7.11 Å². The standard InChI is InChI=1S/C15H19NO4/c1-20-14(19)15(13(17)18,11-6-2-3-7-11)10-12-8-4-5-9-16-12/h4-5,8-9,11H,2-3,6-7,10H2,1H3,(H,17,18). The van der Waals surface area contributed by atoms with E-state index in [2.05, 4.69) is 4.98 Å². The van der Waals surface area contributed by atoms with E-state index < -0.39 is 17.4 Å². The minimum Gasteiger partial charge on any atom is -0.480 e. The van der Waals surface area contributed by atoms with Gasteiger partial charge in [-0.15, -0.1) is 0 Å². The number of carboxylic acids is 1. The molecule has 1 aliphatic rings. The highest BCUT2D eigenvalue weighted by Crippen LogP contribution is 2.43. The van der Waals surface area contributed by atoms with Crippen LogP contribution in [0.1, 0.15) is 31.4 Å². The van der Waals surface area contributed by atoms with Crippen molar-refractivity contribution < 1.29 is 19.4 Å². The third kappa shape index (κ3) is 2.53. The van der Waals surface area contributed by atoms with Crippen LogP contribution in [0.25, 0.3) is 0 Å². The monoisotopic (exact) mass is 277 g/mol. The van der Waals surface area contributed by atoms with Crippen molar-refractivity contribution in [1.82, 2.24) is 4.98 Å². The molecule has 1 heterocycles. The molecule has 0 spiro atoms. The Morgan fingerprint density at radius 2 is 2.10 bits per heavy atom. The summed E-state index contributed by atoms with van der Waals surface area (Å²) in [4.78, 5) is 28.3. The lowest BCUT2D eigenvalue weighted by Crippen LogP contribution is -2.47. The van der Waals surface area contributed by atoms with E-state index in [1.54, 1.807) is 24.4 Å². The predicted octanol–water partition coefficient (Wildman–Crippen LogP) is 2.06. The first kappa shape index (κ1) is 14.5. The van der Waals surface area contributed by atoms with Crippen LogP contribution in [0, 0.1) is 11.3 Å². The summed E-state index contributed by atoms with van der Waals surface area (Å²) >= 11 is 0. The van der Waals surface area contributed by atoms with Crippen molar-refractivity contribution in [3.63, 3.8) is 0 Å². The van der Waals surface area contributed by atoms with E-state index in [0.29, 0.717) is 5.69 Å². The molecule has 20 heavy (non-hydrogen) atoms. The molecule has 0 amide bonds. The second-order valence-corrected chi connectivity index (χ2v) is 5.25. The minimum atomic E-state index is -1.51. The van der Waals surface area contributed by atoms with Gasteiger partial charge >= 0.3 is 11.9 Å². The molecule has 5 heteroatoms. The highest BCUT2D eigenvalue weighted by atomic mass is 16.5. The molecular formula is C15H19NO4. The normalized spacial score (nSPS) is 18.4. The molecule has 1 aromatic rings. The van der Waals surface area contributed by atoms with E-state index >= 15 is 0 Å². The average Bonchev–Trinajstić information content (AvgIpc) is 2.99. The summed E-state index contributed by atoms with van der Waals surface area (Å²) in [5, 5.41) is 9.72. The van der Waals surface area contributed by atoms with Gasteiger partial charge in [0, 0.05) is 18.3 Å². The van der Waals surface area contributed by atoms with Crippen molar-refractivity contribution in [3.05, 3.63) is 30.1 Å². The number of methoxy groups -OCH3 is 1. The van der Waals surface area contributed by atoms with E-state index in [1.807, 2.05) is 0 Å². The van der Waals surface area contributed by atoms with Gasteiger partial charge in [0.05, 0.1) is 7.11 Å². The minimum absolute atomic E-state index is 0.0838. The Bertz CT molecular complexity index is 482. The zero-order chi connectivity index (χ0) is 14.6. The number of pyridine rings is 1. The largest absolute Gasteiger partial charge is 0.480 e. The first-order valence-electron chi connectivity index (χ1n) is 6.83. The van der Waals surface area contributed by atoms with E-state index in [0.717, 1.165) is 25.7 Å². The molecule has 1 aliphatic carbocycles. The van der Waals surface area contributed by atoms with E-state index in [4.69, 9.17) is 4.74 Å². The van der Waals surface area contributed by atoms with Crippen LogP contribution >= 0.6 is 0 Å². The number of esters is 1. The van der Waals surface area contributed by atoms with E-state index in [9.17, 15) is 14.7 Å². The lowest BCUT2D eigenvalue weighted by atomic mass is 9.71. The molecule has 108 valence electrons. The number of aliphatic carboxylic acids is 1. The van der Waals surface area contributed by atoms with Crippen molar-refractivity contribution in [1.29, 1.82) is 0 Å². The predicted molar refractivity (Wildman–Crippen MR) is 72.0 cm³/mol. The van der Waals surface area contributed by atoms with Crippen molar-refractivity contribution in [2.24, 2.45) is 11.3 Å². The molecule has 1 unspecified atom stereocenters. The van der Waals surface area contributed by atoms with Crippen molar-refractivity contribution in [2.75, 3.05) is 7.11 Å². The molecule has 5 nitrogen and oxygen atoms in total. The molecule has 1 saturated carbocycles. The van der Waals surface area contributed by atoms with Gasteiger partial charge in [-0.2, -0.15) is 0 Å². The summed E-state index contributed by atoms with van der Waals surface area (Å²) in [5.41, 5.74) is -0.910. The number of nitrogens with zero attached hydrogens (tertiary/aromatic N) is 1. The Morgan fingerprint density at radius 3 is 2.60 bits per heavy atom. The first-order valence-corrected chi connectivity index (χ1v) is 6.83. The number of hydrogen-bond acceptors (Lipinski definition) is 4. The number of carboxylic acid groups (broad SMARTS) is 1. The molecule has 0 aromatic carbocycles. The first-order chi connectivity index (χ1) is 9.61. The van der Waals surface area contributed by atoms with Gasteiger partial charge in [-0.25, -0.2) is 0 Å². The Hall–Kier alpha value is -1.91. The molecule has 2 rings (SSSR count). The fourth-order valence-corrected chi connectivity index (χ4v) is 3.11. The fraction of sp³-hybridized carbons (Fsp3) is 0.533. The van der Waals surface area contributed by atoms with Crippen LogP contribution in [0.3, 0.4) is 0 Å². The molecule has 1 fully saturated rings. The molecule has 0 saturated heterocycles. The number of carbonyl (C=O) groups excluding carboxylic acids is 1. The molecular weight excluding hydrogens is 258 g/mol. The van der Waals surface area contributed by atoms with Gasteiger partial charge < -0.3 is 9.84 Å². The molecule has 0 bridgehead atoms. The second kappa shape index (κ2) is 6.03. The van der Waals surface area contributed by atoms with E-state index in [-0.39, 0.29) is 12.3 Å². The van der Waals surface area contributed by atoms with Crippen LogP contribution in [0.15, 0.2) is 24.4 Å². The van der Waals surface area contributed by atoms with Crippen LogP contribution in [-0.2, 0) is 20.7 Å². The molecule has 0 radical (unpaired) electrons. The summed E-state index contributed by atoms with van der Waals surface area (Å²) < 4.78 is 4.81. The Kier molecular flexibility index (Phi) is 4.37. The number of hydrogen-bond donors (Lipinski definition) is 1. The summed E-state index contributed by atoms with van der Waals surface area (Å²) in [7, 11) is 1.24. The molecule has 0 aliphatic heterocycles. The Morgan fingerprint density at radius 1 is 1.40 bits per heavy atom. The topological polar surface area (TPSA) is 76.5 Å². The zero-order valence-electron chi connectivity index (χ0n) is 11.5. The van der Waals surface area contributed by atoms with Crippen LogP contribution < -0.4 is 0 Å². The maximum Gasteiger partial charge on any atom is 0.323 e. The van der Waals surface area contributed by atoms with Gasteiger partial charge in [-0.05, 0) is 30.9 Å². The third-order valence-corrected chi connectivity index (χ3v) is 4.17. The maximum atomic E-state index is 12.2. The van der Waals surface area contributed by atoms with Crippen LogP contribution in [0.4, 0.5) is 0 Å². The summed E-state index contributed by atoms with van der Waals surface area (Å²) in [6.07, 6.45) is 5.09. The molecule has 1 atom stereocenters. The van der Waals surface area contributed by atoms with Gasteiger partial charge in [-0.3, -0.25) is 14.6 Å².